The van der Waals surface area contributed by atoms with Crippen molar-refractivity contribution in [3.63, 3.8) is 0 Å². The van der Waals surface area contributed by atoms with Crippen molar-refractivity contribution in [2.75, 3.05) is 11.1 Å². The summed E-state index contributed by atoms with van der Waals surface area (Å²) in [5, 5.41) is 12.1. The Hall–Kier alpha value is -2.52. The third kappa shape index (κ3) is 2.73. The van der Waals surface area contributed by atoms with E-state index in [-0.39, 0.29) is 5.56 Å². The van der Waals surface area contributed by atoms with Gasteiger partial charge >= 0.3 is 0 Å². The minimum atomic E-state index is -0.588. The summed E-state index contributed by atoms with van der Waals surface area (Å²) in [7, 11) is 0. The van der Waals surface area contributed by atoms with Gasteiger partial charge in [0.2, 0.25) is 0 Å². The van der Waals surface area contributed by atoms with E-state index in [9.17, 15) is 4.79 Å². The highest BCUT2D eigenvalue weighted by molar-refractivity contribution is 9.10. The second-order valence-corrected chi connectivity index (χ2v) is 4.98. The molecule has 100 valence electrons. The van der Waals surface area contributed by atoms with Crippen LogP contribution < -0.4 is 16.8 Å². The van der Waals surface area contributed by atoms with Crippen LogP contribution in [0.1, 0.15) is 15.9 Å². The molecule has 20 heavy (non-hydrogen) atoms. The van der Waals surface area contributed by atoms with Crippen LogP contribution in [0.5, 0.6) is 0 Å². The van der Waals surface area contributed by atoms with Gasteiger partial charge in [-0.15, -0.1) is 0 Å². The molecular weight excluding hydrogens is 320 g/mol. The molecule has 0 aromatic heterocycles. The van der Waals surface area contributed by atoms with Gasteiger partial charge in [-0.3, -0.25) is 4.79 Å². The number of nitrogens with zero attached hydrogens (tertiary/aromatic N) is 1. The molecule has 5 N–H and O–H groups in total. The van der Waals surface area contributed by atoms with Crippen molar-refractivity contribution < 1.29 is 4.79 Å². The first-order chi connectivity index (χ1) is 9.52. The average molecular weight is 331 g/mol. The van der Waals surface area contributed by atoms with Gasteiger partial charge < -0.3 is 16.8 Å². The number of nitrogens with one attached hydrogen (secondary N) is 1. The summed E-state index contributed by atoms with van der Waals surface area (Å²) in [4.78, 5) is 11.4. The zero-order valence-electron chi connectivity index (χ0n) is 10.4. The Labute approximate surface area is 124 Å². The third-order valence-electron chi connectivity index (χ3n) is 2.72. The monoisotopic (exact) mass is 330 g/mol. The maximum absolute atomic E-state index is 11.4. The molecule has 2 rings (SSSR count). The van der Waals surface area contributed by atoms with Gasteiger partial charge in [-0.25, -0.2) is 0 Å². The fourth-order valence-corrected chi connectivity index (χ4v) is 2.13. The number of carbonyl (C=O) groups excluding carboxylic acids is 1. The van der Waals surface area contributed by atoms with Crippen molar-refractivity contribution in [2.24, 2.45) is 5.73 Å². The summed E-state index contributed by atoms with van der Waals surface area (Å²) in [6.07, 6.45) is 0. The number of anilines is 3. The van der Waals surface area contributed by atoms with Crippen molar-refractivity contribution in [3.05, 3.63) is 52.0 Å². The zero-order valence-corrected chi connectivity index (χ0v) is 11.9. The first kappa shape index (κ1) is 13.9. The van der Waals surface area contributed by atoms with Crippen LogP contribution in [0, 0.1) is 11.3 Å². The van der Waals surface area contributed by atoms with E-state index in [1.807, 2.05) is 0 Å². The summed E-state index contributed by atoms with van der Waals surface area (Å²) < 4.78 is 0.788. The molecule has 0 atom stereocenters. The van der Waals surface area contributed by atoms with Crippen LogP contribution in [-0.2, 0) is 0 Å². The van der Waals surface area contributed by atoms with Gasteiger partial charge in [-0.05, 0) is 30.3 Å². The molecule has 0 saturated carbocycles. The number of hydrogen-bond donors (Lipinski definition) is 3. The van der Waals surface area contributed by atoms with Crippen LogP contribution in [0.2, 0.25) is 0 Å². The number of hydrogen-bond acceptors (Lipinski definition) is 4. The van der Waals surface area contributed by atoms with E-state index in [4.69, 9.17) is 16.7 Å². The van der Waals surface area contributed by atoms with Gasteiger partial charge in [-0.2, -0.15) is 5.26 Å². The minimum absolute atomic E-state index is 0.275. The fraction of sp³-hybridized carbons (Fsp3) is 0. The highest BCUT2D eigenvalue weighted by Gasteiger charge is 2.13. The number of halogens is 1. The lowest BCUT2D eigenvalue weighted by Gasteiger charge is -2.14. The number of nitrogens with two attached hydrogens (primary N) is 2. The molecule has 0 aliphatic heterocycles. The highest BCUT2D eigenvalue weighted by Crippen LogP contribution is 2.29. The van der Waals surface area contributed by atoms with Gasteiger partial charge in [0.05, 0.1) is 28.2 Å². The lowest BCUT2D eigenvalue weighted by molar-refractivity contribution is 0.100. The molecule has 5 nitrogen and oxygen atoms in total. The maximum Gasteiger partial charge on any atom is 0.250 e. The van der Waals surface area contributed by atoms with Crippen LogP contribution in [-0.4, -0.2) is 5.91 Å². The third-order valence-corrected chi connectivity index (χ3v) is 3.22. The summed E-state index contributed by atoms with van der Waals surface area (Å²) in [5.74, 6) is -0.588. The fourth-order valence-electron chi connectivity index (χ4n) is 1.77. The molecule has 0 heterocycles. The number of para-hydroxylation sites is 1. The van der Waals surface area contributed by atoms with E-state index in [1.165, 1.54) is 0 Å². The van der Waals surface area contributed by atoms with Gasteiger partial charge in [0, 0.05) is 4.47 Å². The van der Waals surface area contributed by atoms with Crippen LogP contribution in [0.3, 0.4) is 0 Å². The van der Waals surface area contributed by atoms with Crippen molar-refractivity contribution >= 4 is 38.9 Å². The van der Waals surface area contributed by atoms with E-state index < -0.39 is 5.91 Å². The molecule has 2 aromatic rings. The predicted octanol–water partition coefficient (Wildman–Crippen LogP) is 2.75. The predicted molar refractivity (Wildman–Crippen MR) is 81.5 cm³/mol. The molecule has 0 fully saturated rings. The lowest BCUT2D eigenvalue weighted by Crippen LogP contribution is -2.14. The van der Waals surface area contributed by atoms with Gasteiger partial charge in [0.25, 0.3) is 5.91 Å². The second kappa shape index (κ2) is 5.63. The molecule has 2 aromatic carbocycles. The summed E-state index contributed by atoms with van der Waals surface area (Å²) >= 11 is 3.30. The quantitative estimate of drug-likeness (QED) is 0.752. The number of nitrogen functional groups attached to an aromatic ring is 1. The minimum Gasteiger partial charge on any atom is -0.397 e. The molecule has 0 bridgehead atoms. The summed E-state index contributed by atoms with van der Waals surface area (Å²) in [6.45, 7) is 0. The molecule has 6 heteroatoms. The first-order valence-electron chi connectivity index (χ1n) is 5.68. The van der Waals surface area contributed by atoms with Crippen LogP contribution in [0.25, 0.3) is 0 Å². The van der Waals surface area contributed by atoms with Crippen LogP contribution in [0.4, 0.5) is 17.1 Å². The normalized spacial score (nSPS) is 9.80. The van der Waals surface area contributed by atoms with E-state index >= 15 is 0 Å². The molecule has 0 aliphatic rings. The van der Waals surface area contributed by atoms with Crippen LogP contribution in [0.15, 0.2) is 40.9 Å². The Morgan fingerprint density at radius 3 is 2.70 bits per heavy atom. The number of rotatable bonds is 3. The molecule has 0 aliphatic carbocycles. The standard InChI is InChI=1S/C14H11BrN4O/c15-9-4-5-12(8(6-9)7-16)19-13-10(14(18)20)2-1-3-11(13)17/h1-6,19H,17H2,(H2,18,20). The van der Waals surface area contributed by atoms with E-state index in [0.29, 0.717) is 22.6 Å². The highest BCUT2D eigenvalue weighted by atomic mass is 79.9. The largest absolute Gasteiger partial charge is 0.397 e. The van der Waals surface area contributed by atoms with E-state index in [0.717, 1.165) is 4.47 Å². The number of nitriles is 1. The average Bonchev–Trinajstić information content (AvgIpc) is 2.42. The molecule has 0 spiro atoms. The van der Waals surface area contributed by atoms with E-state index in [1.54, 1.807) is 36.4 Å². The Kier molecular flexibility index (Phi) is 3.91. The van der Waals surface area contributed by atoms with Crippen molar-refractivity contribution in [2.45, 2.75) is 0 Å². The van der Waals surface area contributed by atoms with Gasteiger partial charge in [0.1, 0.15) is 6.07 Å². The van der Waals surface area contributed by atoms with Gasteiger partial charge in [0.15, 0.2) is 0 Å². The lowest BCUT2D eigenvalue weighted by atomic mass is 10.1. The first-order valence-corrected chi connectivity index (χ1v) is 6.47. The number of amides is 1. The summed E-state index contributed by atoms with van der Waals surface area (Å²) in [6, 6.07) is 12.1. The topological polar surface area (TPSA) is 105 Å². The number of primary amides is 1. The summed E-state index contributed by atoms with van der Waals surface area (Å²) in [5.41, 5.74) is 13.2. The van der Waals surface area contributed by atoms with Crippen LogP contribution >= 0.6 is 15.9 Å². The Bertz CT molecular complexity index is 722. The van der Waals surface area contributed by atoms with Crippen molar-refractivity contribution in [3.8, 4) is 6.07 Å². The molecule has 1 amide bonds. The number of carbonyl (C=O) groups is 1. The van der Waals surface area contributed by atoms with Crippen molar-refractivity contribution in [1.29, 1.82) is 5.26 Å². The Morgan fingerprint density at radius 2 is 2.05 bits per heavy atom. The van der Waals surface area contributed by atoms with Gasteiger partial charge in [-0.1, -0.05) is 22.0 Å². The molecule has 0 radical (unpaired) electrons. The van der Waals surface area contributed by atoms with Crippen molar-refractivity contribution in [1.82, 2.24) is 0 Å². The zero-order chi connectivity index (χ0) is 14.7. The molecule has 0 unspecified atom stereocenters. The molecular formula is C14H11BrN4O. The SMILES string of the molecule is N#Cc1cc(Br)ccc1Nc1c(N)cccc1C(N)=O. The Balaban J connectivity index is 2.51. The number of benzene rings is 2. The van der Waals surface area contributed by atoms with E-state index in [2.05, 4.69) is 27.3 Å². The Morgan fingerprint density at radius 1 is 1.30 bits per heavy atom. The molecule has 0 saturated heterocycles. The maximum atomic E-state index is 11.4. The second-order valence-electron chi connectivity index (χ2n) is 4.06. The smallest absolute Gasteiger partial charge is 0.250 e.